The van der Waals surface area contributed by atoms with E-state index in [4.69, 9.17) is 9.47 Å². The number of aromatic amines is 1. The van der Waals surface area contributed by atoms with Crippen LogP contribution < -0.4 is 14.8 Å². The second-order valence-corrected chi connectivity index (χ2v) is 7.28. The Morgan fingerprint density at radius 3 is 2.45 bits per heavy atom. The fraction of sp³-hybridized carbons (Fsp3) is 0.200. The van der Waals surface area contributed by atoms with E-state index in [1.54, 1.807) is 0 Å². The maximum Gasteiger partial charge on any atom is 0.127 e. The largest absolute Gasteiger partial charge is 0.494 e. The third-order valence-corrected chi connectivity index (χ3v) is 5.43. The summed E-state index contributed by atoms with van der Waals surface area (Å²) in [5.74, 6) is 2.62. The van der Waals surface area contributed by atoms with E-state index in [0.29, 0.717) is 6.61 Å². The first-order valence-electron chi connectivity index (χ1n) is 10.2. The maximum atomic E-state index is 5.93. The van der Waals surface area contributed by atoms with Gasteiger partial charge in [-0.2, -0.15) is 0 Å². The van der Waals surface area contributed by atoms with E-state index >= 15 is 0 Å². The molecule has 0 spiro atoms. The summed E-state index contributed by atoms with van der Waals surface area (Å²) in [5.41, 5.74) is 5.02. The van der Waals surface area contributed by atoms with Crippen molar-refractivity contribution in [1.82, 2.24) is 10.3 Å². The van der Waals surface area contributed by atoms with Gasteiger partial charge in [0, 0.05) is 23.1 Å². The van der Waals surface area contributed by atoms with Gasteiger partial charge in [-0.1, -0.05) is 30.3 Å². The van der Waals surface area contributed by atoms with Crippen molar-refractivity contribution in [2.75, 3.05) is 13.2 Å². The number of ether oxygens (including phenoxy) is 2. The molecule has 2 N–H and O–H groups in total. The van der Waals surface area contributed by atoms with E-state index in [2.05, 4.69) is 34.6 Å². The maximum absolute atomic E-state index is 5.93. The Bertz CT molecular complexity index is 1120. The van der Waals surface area contributed by atoms with E-state index < -0.39 is 0 Å². The summed E-state index contributed by atoms with van der Waals surface area (Å²) < 4.78 is 11.6. The first kappa shape index (κ1) is 17.8. The molecule has 1 aliphatic rings. The van der Waals surface area contributed by atoms with Gasteiger partial charge in [-0.15, -0.1) is 0 Å². The zero-order valence-electron chi connectivity index (χ0n) is 16.4. The molecule has 1 atom stereocenters. The van der Waals surface area contributed by atoms with Gasteiger partial charge in [0.1, 0.15) is 17.2 Å². The Morgan fingerprint density at radius 2 is 1.66 bits per heavy atom. The second-order valence-electron chi connectivity index (χ2n) is 7.28. The van der Waals surface area contributed by atoms with Crippen molar-refractivity contribution in [2.45, 2.75) is 19.4 Å². The van der Waals surface area contributed by atoms with Crippen LogP contribution in [-0.4, -0.2) is 18.1 Å². The first-order valence-corrected chi connectivity index (χ1v) is 10.2. The molecular weight excluding hydrogens is 360 g/mol. The summed E-state index contributed by atoms with van der Waals surface area (Å²) in [6.07, 6.45) is 1.01. The second kappa shape index (κ2) is 7.64. The summed E-state index contributed by atoms with van der Waals surface area (Å²) in [5, 5.41) is 4.92. The normalized spacial score (nSPS) is 15.8. The van der Waals surface area contributed by atoms with E-state index in [9.17, 15) is 0 Å². The zero-order chi connectivity index (χ0) is 19.6. The molecule has 2 heterocycles. The molecule has 1 unspecified atom stereocenters. The third-order valence-electron chi connectivity index (χ3n) is 5.43. The SMILES string of the molecule is CCOc1ccc2[nH]c3c(c2c1)CCNC3c1ccc(Oc2ccccc2)cc1. The molecule has 5 rings (SSSR count). The topological polar surface area (TPSA) is 46.3 Å². The highest BCUT2D eigenvalue weighted by Gasteiger charge is 2.25. The Balaban J connectivity index is 1.45. The number of rotatable bonds is 5. The summed E-state index contributed by atoms with van der Waals surface area (Å²) in [7, 11) is 0. The van der Waals surface area contributed by atoms with Crippen LogP contribution in [0.4, 0.5) is 0 Å². The quantitative estimate of drug-likeness (QED) is 0.471. The minimum atomic E-state index is 0.146. The molecule has 0 aliphatic carbocycles. The molecular formula is C25H24N2O2. The van der Waals surface area contributed by atoms with Crippen LogP contribution in [0.5, 0.6) is 17.2 Å². The number of hydrogen-bond donors (Lipinski definition) is 2. The number of fused-ring (bicyclic) bond motifs is 3. The Kier molecular flexibility index (Phi) is 4.70. The summed E-state index contributed by atoms with van der Waals surface area (Å²) in [6.45, 7) is 3.65. The van der Waals surface area contributed by atoms with Crippen LogP contribution in [-0.2, 0) is 6.42 Å². The number of aromatic nitrogens is 1. The highest BCUT2D eigenvalue weighted by atomic mass is 16.5. The zero-order valence-corrected chi connectivity index (χ0v) is 16.4. The minimum Gasteiger partial charge on any atom is -0.494 e. The predicted octanol–water partition coefficient (Wildman–Crippen LogP) is 5.59. The molecule has 4 aromatic rings. The number of hydrogen-bond acceptors (Lipinski definition) is 3. The van der Waals surface area contributed by atoms with Crippen molar-refractivity contribution in [1.29, 1.82) is 0 Å². The molecule has 1 aliphatic heterocycles. The van der Waals surface area contributed by atoms with Crippen molar-refractivity contribution >= 4 is 10.9 Å². The van der Waals surface area contributed by atoms with Crippen LogP contribution in [0.15, 0.2) is 72.8 Å². The molecule has 146 valence electrons. The van der Waals surface area contributed by atoms with Crippen molar-refractivity contribution in [3.05, 3.63) is 89.6 Å². The first-order chi connectivity index (χ1) is 14.3. The average molecular weight is 384 g/mol. The highest BCUT2D eigenvalue weighted by molar-refractivity contribution is 5.86. The van der Waals surface area contributed by atoms with Gasteiger partial charge in [0.2, 0.25) is 0 Å². The van der Waals surface area contributed by atoms with Gasteiger partial charge in [0.05, 0.1) is 12.6 Å². The molecule has 29 heavy (non-hydrogen) atoms. The van der Waals surface area contributed by atoms with Crippen LogP contribution in [0.3, 0.4) is 0 Å². The van der Waals surface area contributed by atoms with E-state index in [0.717, 1.165) is 35.7 Å². The van der Waals surface area contributed by atoms with E-state index in [1.807, 2.05) is 55.5 Å². The molecule has 0 saturated carbocycles. The molecule has 4 nitrogen and oxygen atoms in total. The van der Waals surface area contributed by atoms with Crippen molar-refractivity contribution < 1.29 is 9.47 Å². The van der Waals surface area contributed by atoms with Gasteiger partial charge in [-0.3, -0.25) is 0 Å². The van der Waals surface area contributed by atoms with Gasteiger partial charge in [0.25, 0.3) is 0 Å². The van der Waals surface area contributed by atoms with Crippen LogP contribution in [0.25, 0.3) is 10.9 Å². The molecule has 1 aromatic heterocycles. The molecule has 0 fully saturated rings. The minimum absolute atomic E-state index is 0.146. The smallest absolute Gasteiger partial charge is 0.127 e. The van der Waals surface area contributed by atoms with Crippen LogP contribution in [0, 0.1) is 0 Å². The lowest BCUT2D eigenvalue weighted by Gasteiger charge is -2.25. The average Bonchev–Trinajstić information content (AvgIpc) is 3.14. The Morgan fingerprint density at radius 1 is 0.897 bits per heavy atom. The van der Waals surface area contributed by atoms with Crippen molar-refractivity contribution in [2.24, 2.45) is 0 Å². The lowest BCUT2D eigenvalue weighted by Crippen LogP contribution is -2.30. The molecule has 0 radical (unpaired) electrons. The Hall–Kier alpha value is -3.24. The van der Waals surface area contributed by atoms with E-state index in [1.165, 1.54) is 22.2 Å². The van der Waals surface area contributed by atoms with Gasteiger partial charge in [-0.25, -0.2) is 0 Å². The van der Waals surface area contributed by atoms with Gasteiger partial charge in [-0.05, 0) is 66.9 Å². The van der Waals surface area contributed by atoms with Gasteiger partial charge in [0.15, 0.2) is 0 Å². The highest BCUT2D eigenvalue weighted by Crippen LogP contribution is 2.35. The van der Waals surface area contributed by atoms with E-state index in [-0.39, 0.29) is 6.04 Å². The molecule has 0 saturated heterocycles. The van der Waals surface area contributed by atoms with Crippen LogP contribution >= 0.6 is 0 Å². The summed E-state index contributed by atoms with van der Waals surface area (Å²) >= 11 is 0. The standard InChI is InChI=1S/C25H24N2O2/c1-2-28-20-12-13-23-22(16-20)21-14-15-26-24(25(21)27-23)17-8-10-19(11-9-17)29-18-6-4-3-5-7-18/h3-13,16,24,26-27H,2,14-15H2,1H3. The monoisotopic (exact) mass is 384 g/mol. The predicted molar refractivity (Wildman–Crippen MR) is 116 cm³/mol. The van der Waals surface area contributed by atoms with Crippen molar-refractivity contribution in [3.63, 3.8) is 0 Å². The van der Waals surface area contributed by atoms with Gasteiger partial charge >= 0.3 is 0 Å². The number of nitrogens with one attached hydrogen (secondary N) is 2. The molecule has 0 bridgehead atoms. The summed E-state index contributed by atoms with van der Waals surface area (Å²) in [6, 6.07) is 24.7. The third kappa shape index (κ3) is 3.47. The fourth-order valence-corrected chi connectivity index (χ4v) is 4.10. The fourth-order valence-electron chi connectivity index (χ4n) is 4.10. The number of para-hydroxylation sites is 1. The number of benzene rings is 3. The van der Waals surface area contributed by atoms with Crippen LogP contribution in [0.1, 0.15) is 29.8 Å². The molecule has 3 aromatic carbocycles. The molecule has 4 heteroatoms. The summed E-state index contributed by atoms with van der Waals surface area (Å²) in [4.78, 5) is 3.64. The lowest BCUT2D eigenvalue weighted by molar-refractivity contribution is 0.340. The van der Waals surface area contributed by atoms with Crippen LogP contribution in [0.2, 0.25) is 0 Å². The Labute approximate surface area is 170 Å². The number of H-pyrrole nitrogens is 1. The lowest BCUT2D eigenvalue weighted by atomic mass is 9.94. The van der Waals surface area contributed by atoms with Crippen molar-refractivity contribution in [3.8, 4) is 17.2 Å². The molecule has 0 amide bonds. The van der Waals surface area contributed by atoms with Gasteiger partial charge < -0.3 is 19.8 Å².